The zero-order valence-electron chi connectivity index (χ0n) is 12.0. The first-order valence-electron chi connectivity index (χ1n) is 6.78. The second-order valence-electron chi connectivity index (χ2n) is 4.40. The number of rotatable bonds is 7. The van der Waals surface area contributed by atoms with Crippen molar-refractivity contribution in [1.29, 1.82) is 0 Å². The molecule has 1 aromatic rings. The Hall–Kier alpha value is -2.10. The summed E-state index contributed by atoms with van der Waals surface area (Å²) in [5.41, 5.74) is 0. The maximum absolute atomic E-state index is 11.5. The molecule has 22 heavy (non-hydrogen) atoms. The second kappa shape index (κ2) is 7.78. The van der Waals surface area contributed by atoms with E-state index < -0.39 is 6.03 Å². The van der Waals surface area contributed by atoms with Gasteiger partial charge < -0.3 is 14.1 Å². The highest BCUT2D eigenvalue weighted by molar-refractivity contribution is 7.99. The van der Waals surface area contributed by atoms with Crippen molar-refractivity contribution in [1.82, 2.24) is 20.4 Å². The number of hydrogen-bond donors (Lipinski definition) is 1. The summed E-state index contributed by atoms with van der Waals surface area (Å²) in [6.45, 7) is 2.82. The lowest BCUT2D eigenvalue weighted by Crippen LogP contribution is -2.49. The quantitative estimate of drug-likeness (QED) is 0.558. The van der Waals surface area contributed by atoms with Crippen molar-refractivity contribution >= 4 is 29.7 Å². The minimum absolute atomic E-state index is 0.103. The number of amides is 3. The number of imide groups is 1. The maximum Gasteiger partial charge on any atom is 0.324 e. The molecular weight excluding hydrogens is 312 g/mol. The summed E-state index contributed by atoms with van der Waals surface area (Å²) in [4.78, 5) is 35.3. The second-order valence-corrected chi connectivity index (χ2v) is 5.32. The standard InChI is InChI=1S/C12H16N4O5S/c1-2-20-10(18)7-22-12-15-14-9(21-12)4-6-16-5-3-8(17)13-11(16)19/h2-7H2,1H3,(H,13,17,19). The summed E-state index contributed by atoms with van der Waals surface area (Å²) in [6.07, 6.45) is 0.671. The van der Waals surface area contributed by atoms with Gasteiger partial charge in [0.1, 0.15) is 5.75 Å². The van der Waals surface area contributed by atoms with Crippen LogP contribution in [0.2, 0.25) is 0 Å². The number of aromatic nitrogens is 2. The van der Waals surface area contributed by atoms with Gasteiger partial charge in [-0.1, -0.05) is 11.8 Å². The molecule has 120 valence electrons. The van der Waals surface area contributed by atoms with Crippen molar-refractivity contribution in [2.75, 3.05) is 25.4 Å². The first-order chi connectivity index (χ1) is 10.6. The number of nitrogens with one attached hydrogen (secondary N) is 1. The van der Waals surface area contributed by atoms with Crippen LogP contribution >= 0.6 is 11.8 Å². The molecule has 10 heteroatoms. The van der Waals surface area contributed by atoms with Gasteiger partial charge in [0.2, 0.25) is 11.8 Å². The van der Waals surface area contributed by atoms with Gasteiger partial charge in [0.05, 0.1) is 6.61 Å². The molecule has 0 spiro atoms. The summed E-state index contributed by atoms with van der Waals surface area (Å²) in [5, 5.41) is 10.2. The van der Waals surface area contributed by atoms with Crippen LogP contribution in [0.25, 0.3) is 0 Å². The molecule has 0 saturated carbocycles. The maximum atomic E-state index is 11.5. The third kappa shape index (κ3) is 4.72. The third-order valence-electron chi connectivity index (χ3n) is 2.81. The first kappa shape index (κ1) is 16.3. The highest BCUT2D eigenvalue weighted by Gasteiger charge is 2.23. The Labute approximate surface area is 130 Å². The number of thioether (sulfide) groups is 1. The molecule has 1 aromatic heterocycles. The Morgan fingerprint density at radius 1 is 1.45 bits per heavy atom. The van der Waals surface area contributed by atoms with Gasteiger partial charge in [-0.2, -0.15) is 0 Å². The molecule has 1 fully saturated rings. The molecule has 0 radical (unpaired) electrons. The first-order valence-corrected chi connectivity index (χ1v) is 7.76. The Balaban J connectivity index is 1.76. The lowest BCUT2D eigenvalue weighted by Gasteiger charge is -2.25. The molecule has 2 heterocycles. The molecule has 1 N–H and O–H groups in total. The van der Waals surface area contributed by atoms with E-state index in [9.17, 15) is 14.4 Å². The molecule has 0 aliphatic carbocycles. The van der Waals surface area contributed by atoms with Gasteiger partial charge >= 0.3 is 12.0 Å². The van der Waals surface area contributed by atoms with E-state index in [4.69, 9.17) is 9.15 Å². The van der Waals surface area contributed by atoms with Crippen LogP contribution in [0.1, 0.15) is 19.2 Å². The molecule has 9 nitrogen and oxygen atoms in total. The van der Waals surface area contributed by atoms with Crippen LogP contribution in [-0.2, 0) is 20.7 Å². The number of hydrogen-bond acceptors (Lipinski definition) is 8. The number of urea groups is 1. The smallest absolute Gasteiger partial charge is 0.324 e. The van der Waals surface area contributed by atoms with E-state index in [0.717, 1.165) is 11.8 Å². The fraction of sp³-hybridized carbons (Fsp3) is 0.583. The molecule has 2 rings (SSSR count). The molecule has 0 atom stereocenters. The highest BCUT2D eigenvalue weighted by Crippen LogP contribution is 2.16. The Bertz CT molecular complexity index is 561. The van der Waals surface area contributed by atoms with Crippen LogP contribution in [-0.4, -0.2) is 58.5 Å². The van der Waals surface area contributed by atoms with E-state index in [1.165, 1.54) is 4.90 Å². The Kier molecular flexibility index (Phi) is 5.75. The van der Waals surface area contributed by atoms with Crippen LogP contribution in [0, 0.1) is 0 Å². The largest absolute Gasteiger partial charge is 0.465 e. The number of carbonyl (C=O) groups excluding carboxylic acids is 3. The lowest BCUT2D eigenvalue weighted by molar-refractivity contribution is -0.139. The van der Waals surface area contributed by atoms with E-state index in [1.807, 2.05) is 0 Å². The van der Waals surface area contributed by atoms with Crippen molar-refractivity contribution in [2.45, 2.75) is 25.0 Å². The van der Waals surface area contributed by atoms with Crippen molar-refractivity contribution < 1.29 is 23.5 Å². The fourth-order valence-electron chi connectivity index (χ4n) is 1.76. The van der Waals surface area contributed by atoms with Gasteiger partial charge in [0.15, 0.2) is 0 Å². The molecule has 0 unspecified atom stereocenters. The zero-order valence-corrected chi connectivity index (χ0v) is 12.9. The van der Waals surface area contributed by atoms with Gasteiger partial charge in [-0.25, -0.2) is 4.79 Å². The van der Waals surface area contributed by atoms with E-state index >= 15 is 0 Å². The van der Waals surface area contributed by atoms with Crippen LogP contribution in [0.15, 0.2) is 9.64 Å². The van der Waals surface area contributed by atoms with E-state index in [-0.39, 0.29) is 29.3 Å². The van der Waals surface area contributed by atoms with Crippen LogP contribution in [0.3, 0.4) is 0 Å². The average molecular weight is 328 g/mol. The fourth-order valence-corrected chi connectivity index (χ4v) is 2.34. The van der Waals surface area contributed by atoms with Crippen LogP contribution < -0.4 is 5.32 Å². The third-order valence-corrected chi connectivity index (χ3v) is 3.60. The summed E-state index contributed by atoms with van der Waals surface area (Å²) < 4.78 is 10.2. The van der Waals surface area contributed by atoms with Crippen molar-refractivity contribution in [3.63, 3.8) is 0 Å². The molecule has 1 aliphatic heterocycles. The Morgan fingerprint density at radius 3 is 3.00 bits per heavy atom. The molecule has 3 amide bonds. The monoisotopic (exact) mass is 328 g/mol. The number of ether oxygens (including phenoxy) is 1. The predicted molar refractivity (Wildman–Crippen MR) is 75.1 cm³/mol. The zero-order chi connectivity index (χ0) is 15.9. The molecule has 1 saturated heterocycles. The molecular formula is C12H16N4O5S. The van der Waals surface area contributed by atoms with E-state index in [2.05, 4.69) is 15.5 Å². The predicted octanol–water partition coefficient (Wildman–Crippen LogP) is 0.209. The van der Waals surface area contributed by atoms with Gasteiger partial charge in [-0.15, -0.1) is 10.2 Å². The topological polar surface area (TPSA) is 115 Å². The van der Waals surface area contributed by atoms with Crippen molar-refractivity contribution in [2.24, 2.45) is 0 Å². The van der Waals surface area contributed by atoms with Crippen molar-refractivity contribution in [3.8, 4) is 0 Å². The summed E-state index contributed by atoms with van der Waals surface area (Å²) in [6, 6.07) is -0.410. The van der Waals surface area contributed by atoms with E-state index in [0.29, 0.717) is 32.0 Å². The molecule has 1 aliphatic rings. The SMILES string of the molecule is CCOC(=O)CSc1nnc(CCN2CCC(=O)NC2=O)o1. The molecule has 0 aromatic carbocycles. The normalized spacial score (nSPS) is 14.9. The molecule has 0 bridgehead atoms. The van der Waals surface area contributed by atoms with Crippen LogP contribution in [0.4, 0.5) is 4.79 Å². The summed E-state index contributed by atoms with van der Waals surface area (Å²) in [5.74, 6) is -0.138. The van der Waals surface area contributed by atoms with Gasteiger partial charge in [0.25, 0.3) is 5.22 Å². The lowest BCUT2D eigenvalue weighted by atomic mass is 10.3. The van der Waals surface area contributed by atoms with Gasteiger partial charge in [-0.05, 0) is 6.92 Å². The van der Waals surface area contributed by atoms with E-state index in [1.54, 1.807) is 6.92 Å². The van der Waals surface area contributed by atoms with Gasteiger partial charge in [0, 0.05) is 25.9 Å². The number of nitrogens with zero attached hydrogens (tertiary/aromatic N) is 3. The van der Waals surface area contributed by atoms with Crippen molar-refractivity contribution in [3.05, 3.63) is 5.89 Å². The average Bonchev–Trinajstić information content (AvgIpc) is 2.92. The Morgan fingerprint density at radius 2 is 2.27 bits per heavy atom. The summed E-state index contributed by atoms with van der Waals surface area (Å²) >= 11 is 1.10. The van der Waals surface area contributed by atoms with Crippen LogP contribution in [0.5, 0.6) is 0 Å². The minimum Gasteiger partial charge on any atom is -0.465 e. The summed E-state index contributed by atoms with van der Waals surface area (Å²) in [7, 11) is 0. The highest BCUT2D eigenvalue weighted by atomic mass is 32.2. The number of esters is 1. The minimum atomic E-state index is -0.410. The number of carbonyl (C=O) groups is 3. The van der Waals surface area contributed by atoms with Gasteiger partial charge in [-0.3, -0.25) is 14.9 Å².